The molecule has 0 bridgehead atoms. The Hall–Kier alpha value is 0.909. The fourth-order valence-electron chi connectivity index (χ4n) is 0. The maximum absolute atomic E-state index is 8.74. The third-order valence-corrected chi connectivity index (χ3v) is 0. The van der Waals surface area contributed by atoms with E-state index < -0.39 is 10.4 Å². The van der Waals surface area contributed by atoms with Crippen molar-refractivity contribution in [3.8, 4) is 0 Å². The average molecular weight is 260 g/mol. The molecule has 0 atom stereocenters. The number of hydrogen-bond donors (Lipinski definition) is 2. The molecule has 0 fully saturated rings. The molecule has 0 aromatic carbocycles. The van der Waals surface area contributed by atoms with E-state index in [0.717, 1.165) is 0 Å². The molecule has 7 heavy (non-hydrogen) atoms. The van der Waals surface area contributed by atoms with E-state index >= 15 is 0 Å². The second-order valence-corrected chi connectivity index (χ2v) is 1.34. The van der Waals surface area contributed by atoms with Gasteiger partial charge < -0.3 is 0 Å². The molecule has 0 heterocycles. The molecule has 0 radical (unpaired) electrons. The Morgan fingerprint density at radius 1 is 1.00 bits per heavy atom. The molecule has 4 nitrogen and oxygen atoms in total. The molecule has 0 aromatic rings. The van der Waals surface area contributed by atoms with Crippen molar-refractivity contribution < 1.29 is 17.5 Å². The summed E-state index contributed by atoms with van der Waals surface area (Å²) in [6, 6.07) is 0. The van der Waals surface area contributed by atoms with Gasteiger partial charge in [0.05, 0.1) is 0 Å². The van der Waals surface area contributed by atoms with Crippen LogP contribution in [0.15, 0.2) is 0 Å². The predicted octanol–water partition coefficient (Wildman–Crippen LogP) is -2.49. The first-order chi connectivity index (χ1) is 2.00. The topological polar surface area (TPSA) is 74.6 Å². The molecule has 0 spiro atoms. The molecule has 0 aliphatic heterocycles. The molecule has 0 saturated heterocycles. The normalized spacial score (nSPS) is 8.29. The summed E-state index contributed by atoms with van der Waals surface area (Å²) in [5.41, 5.74) is 0. The fourth-order valence-corrected chi connectivity index (χ4v) is 0. The van der Waals surface area contributed by atoms with Gasteiger partial charge in [0.2, 0.25) is 0 Å². The van der Waals surface area contributed by atoms with E-state index in [4.69, 9.17) is 17.5 Å². The van der Waals surface area contributed by atoms with Gasteiger partial charge in [-0.15, -0.1) is 0 Å². The Kier molecular flexibility index (Phi) is 11.3. The van der Waals surface area contributed by atoms with Crippen LogP contribution in [0.4, 0.5) is 0 Å². The van der Waals surface area contributed by atoms with Crippen LogP contribution in [0.3, 0.4) is 0 Å². The molecule has 0 amide bonds. The van der Waals surface area contributed by atoms with Gasteiger partial charge in [0.25, 0.3) is 0 Å². The first-order valence-electron chi connectivity index (χ1n) is 0.698. The summed E-state index contributed by atoms with van der Waals surface area (Å²) in [7, 11) is -4.67. The zero-order valence-electron chi connectivity index (χ0n) is 3.12. The Morgan fingerprint density at radius 3 is 1.00 bits per heavy atom. The van der Waals surface area contributed by atoms with E-state index in [0.29, 0.717) is 0 Å². The fraction of sp³-hybridized carbons (Fsp3) is 0. The van der Waals surface area contributed by atoms with Gasteiger partial charge in [-0.25, -0.2) is 0 Å². The molecule has 48 valence electrons. The van der Waals surface area contributed by atoms with Crippen LogP contribution in [-0.4, -0.2) is 51.7 Å². The van der Waals surface area contributed by atoms with Gasteiger partial charge in [-0.2, -0.15) is 8.42 Å². The van der Waals surface area contributed by atoms with Crippen molar-refractivity contribution in [3.63, 3.8) is 0 Å². The monoisotopic (exact) mass is 262 g/mol. The average Bonchev–Trinajstić information content (AvgIpc) is 0.722. The van der Waals surface area contributed by atoms with Crippen molar-refractivity contribution in [3.05, 3.63) is 0 Å². The standard InChI is InChI=1S/H2O4S.2H2Se/c1-5(2,3)4;;/h(H2,1,2,3,4);2*1H2. The van der Waals surface area contributed by atoms with Gasteiger partial charge in [-0.05, 0) is 0 Å². The summed E-state index contributed by atoms with van der Waals surface area (Å²) in [4.78, 5) is 0. The summed E-state index contributed by atoms with van der Waals surface area (Å²) in [6.45, 7) is 0. The Labute approximate surface area is 62.2 Å². The van der Waals surface area contributed by atoms with Crippen LogP contribution in [0.2, 0.25) is 0 Å². The van der Waals surface area contributed by atoms with E-state index in [2.05, 4.69) is 0 Å². The Morgan fingerprint density at radius 2 is 1.00 bits per heavy atom. The van der Waals surface area contributed by atoms with Crippen LogP contribution >= 0.6 is 0 Å². The van der Waals surface area contributed by atoms with E-state index in [1.807, 2.05) is 0 Å². The number of hydrogen-bond acceptors (Lipinski definition) is 2. The predicted molar refractivity (Wildman–Crippen MR) is 31.3 cm³/mol. The third kappa shape index (κ3) is 202. The van der Waals surface area contributed by atoms with E-state index in [-0.39, 0.29) is 34.1 Å². The second kappa shape index (κ2) is 5.05. The van der Waals surface area contributed by atoms with Gasteiger partial charge in [0.1, 0.15) is 0 Å². The molecule has 0 unspecified atom stereocenters. The molecular formula is H6O4SSe2. The molecule has 0 aliphatic carbocycles. The molecule has 0 saturated carbocycles. The zero-order chi connectivity index (χ0) is 4.50. The molecule has 7 heteroatoms. The third-order valence-electron chi connectivity index (χ3n) is 0. The Bertz CT molecular complexity index is 92.9. The summed E-state index contributed by atoms with van der Waals surface area (Å²) < 4.78 is 31.6. The minimum absolute atomic E-state index is 0. The SMILES string of the molecule is O=S(=O)(O)O.[SeH2].[SeH2]. The van der Waals surface area contributed by atoms with Gasteiger partial charge >= 0.3 is 44.5 Å². The molecule has 0 aliphatic rings. The van der Waals surface area contributed by atoms with Crippen LogP contribution in [-0.2, 0) is 10.4 Å². The van der Waals surface area contributed by atoms with E-state index in [1.54, 1.807) is 0 Å². The van der Waals surface area contributed by atoms with Crippen molar-refractivity contribution in [2.24, 2.45) is 0 Å². The summed E-state index contributed by atoms with van der Waals surface area (Å²) >= 11 is 0. The minimum atomic E-state index is -4.67. The first-order valence-corrected chi connectivity index (χ1v) is 2.10. The Balaban J connectivity index is -0.0000000800. The second-order valence-electron chi connectivity index (χ2n) is 0.448. The van der Waals surface area contributed by atoms with Crippen LogP contribution in [0.25, 0.3) is 0 Å². The van der Waals surface area contributed by atoms with Gasteiger partial charge in [0, 0.05) is 0 Å². The summed E-state index contributed by atoms with van der Waals surface area (Å²) in [5, 5.41) is 0. The van der Waals surface area contributed by atoms with Gasteiger partial charge in [0.15, 0.2) is 0 Å². The van der Waals surface area contributed by atoms with Crippen molar-refractivity contribution in [1.82, 2.24) is 0 Å². The van der Waals surface area contributed by atoms with Gasteiger partial charge in [-0.3, -0.25) is 9.11 Å². The first kappa shape index (κ1) is 15.7. The molecular weight excluding hydrogens is 254 g/mol. The molecule has 2 N–H and O–H groups in total. The van der Waals surface area contributed by atoms with Crippen molar-refractivity contribution >= 4 is 44.5 Å². The zero-order valence-corrected chi connectivity index (χ0v) is 8.13. The van der Waals surface area contributed by atoms with Crippen LogP contribution < -0.4 is 0 Å². The van der Waals surface area contributed by atoms with Crippen molar-refractivity contribution in [1.29, 1.82) is 0 Å². The van der Waals surface area contributed by atoms with E-state index in [9.17, 15) is 0 Å². The number of rotatable bonds is 0. The summed E-state index contributed by atoms with van der Waals surface area (Å²) in [5.74, 6) is 0. The van der Waals surface area contributed by atoms with E-state index in [1.165, 1.54) is 0 Å². The quantitative estimate of drug-likeness (QED) is 0.373. The maximum atomic E-state index is 8.74. The summed E-state index contributed by atoms with van der Waals surface area (Å²) in [6.07, 6.45) is 0. The molecule has 0 rings (SSSR count). The van der Waals surface area contributed by atoms with Crippen molar-refractivity contribution in [2.75, 3.05) is 0 Å². The van der Waals surface area contributed by atoms with Crippen LogP contribution in [0.1, 0.15) is 0 Å². The van der Waals surface area contributed by atoms with Gasteiger partial charge in [-0.1, -0.05) is 0 Å². The van der Waals surface area contributed by atoms with Crippen LogP contribution in [0.5, 0.6) is 0 Å². The van der Waals surface area contributed by atoms with Crippen LogP contribution in [0, 0.1) is 0 Å². The van der Waals surface area contributed by atoms with Crippen molar-refractivity contribution in [2.45, 2.75) is 0 Å². The molecule has 0 aromatic heterocycles.